The first kappa shape index (κ1) is 14.2. The molecule has 1 aromatic carbocycles. The number of aliphatic hydroxyl groups excluding tert-OH is 1. The molecule has 2 N–H and O–H groups in total. The van der Waals surface area contributed by atoms with E-state index < -0.39 is 0 Å². The van der Waals surface area contributed by atoms with E-state index in [1.54, 1.807) is 13.2 Å². The van der Waals surface area contributed by atoms with Crippen LogP contribution in [0, 0.1) is 5.82 Å². The Morgan fingerprint density at radius 2 is 2.16 bits per heavy atom. The second kappa shape index (κ2) is 6.84. The Kier molecular flexibility index (Phi) is 5.13. The van der Waals surface area contributed by atoms with Crippen molar-refractivity contribution in [3.05, 3.63) is 29.6 Å². The van der Waals surface area contributed by atoms with Gasteiger partial charge in [-0.15, -0.1) is 0 Å². The first-order chi connectivity index (χ1) is 9.26. The highest BCUT2D eigenvalue weighted by Crippen LogP contribution is 2.32. The van der Waals surface area contributed by atoms with Crippen molar-refractivity contribution in [2.24, 2.45) is 0 Å². The van der Waals surface area contributed by atoms with Gasteiger partial charge in [-0.1, -0.05) is 0 Å². The van der Waals surface area contributed by atoms with Gasteiger partial charge in [0.25, 0.3) is 0 Å². The molecule has 5 heteroatoms. The summed E-state index contributed by atoms with van der Waals surface area (Å²) in [4.78, 5) is 2.27. The molecule has 4 nitrogen and oxygen atoms in total. The summed E-state index contributed by atoms with van der Waals surface area (Å²) in [7, 11) is 1.59. The summed E-state index contributed by atoms with van der Waals surface area (Å²) in [6, 6.07) is 4.56. The summed E-state index contributed by atoms with van der Waals surface area (Å²) in [5.41, 5.74) is 0.818. The molecule has 0 amide bonds. The smallest absolute Gasteiger partial charge is 0.123 e. The fraction of sp³-hybridized carbons (Fsp3) is 0.571. The maximum atomic E-state index is 13.5. The highest BCUT2D eigenvalue weighted by molar-refractivity contribution is 5.36. The normalized spacial score (nSPS) is 18.3. The van der Waals surface area contributed by atoms with Crippen LogP contribution in [0.25, 0.3) is 0 Å². The lowest BCUT2D eigenvalue weighted by Gasteiger charge is -2.35. The molecular weight excluding hydrogens is 247 g/mol. The Morgan fingerprint density at radius 3 is 2.79 bits per heavy atom. The molecule has 1 aromatic rings. The van der Waals surface area contributed by atoms with Crippen molar-refractivity contribution >= 4 is 0 Å². The van der Waals surface area contributed by atoms with Crippen LogP contribution >= 0.6 is 0 Å². The second-order valence-electron chi connectivity index (χ2n) is 4.70. The molecule has 0 aromatic heterocycles. The van der Waals surface area contributed by atoms with E-state index in [-0.39, 0.29) is 18.5 Å². The zero-order valence-corrected chi connectivity index (χ0v) is 11.2. The minimum absolute atomic E-state index is 0.00208. The quantitative estimate of drug-likeness (QED) is 0.841. The summed E-state index contributed by atoms with van der Waals surface area (Å²) >= 11 is 0. The van der Waals surface area contributed by atoms with Crippen LogP contribution < -0.4 is 10.1 Å². The SMILES string of the molecule is COc1ccc(F)cc1[C@@H](CCO)N1CCNCC1. The van der Waals surface area contributed by atoms with Gasteiger partial charge in [0, 0.05) is 44.4 Å². The number of methoxy groups -OCH3 is 1. The van der Waals surface area contributed by atoms with E-state index >= 15 is 0 Å². The summed E-state index contributed by atoms with van der Waals surface area (Å²) in [6.07, 6.45) is 0.583. The Balaban J connectivity index is 2.28. The molecule has 2 rings (SSSR count). The maximum absolute atomic E-state index is 13.5. The number of aliphatic hydroxyl groups is 1. The molecule has 1 aliphatic heterocycles. The van der Waals surface area contributed by atoms with E-state index in [0.29, 0.717) is 12.2 Å². The average molecular weight is 268 g/mol. The zero-order chi connectivity index (χ0) is 13.7. The lowest BCUT2D eigenvalue weighted by atomic mass is 10.00. The minimum Gasteiger partial charge on any atom is -0.496 e. The largest absolute Gasteiger partial charge is 0.496 e. The van der Waals surface area contributed by atoms with Crippen LogP contribution in [-0.4, -0.2) is 49.9 Å². The zero-order valence-electron chi connectivity index (χ0n) is 11.2. The predicted molar refractivity (Wildman–Crippen MR) is 71.8 cm³/mol. The van der Waals surface area contributed by atoms with Crippen LogP contribution in [0.1, 0.15) is 18.0 Å². The van der Waals surface area contributed by atoms with Crippen LogP contribution in [0.2, 0.25) is 0 Å². The molecule has 0 spiro atoms. The van der Waals surface area contributed by atoms with Gasteiger partial charge in [0.1, 0.15) is 11.6 Å². The molecule has 1 aliphatic rings. The lowest BCUT2D eigenvalue weighted by molar-refractivity contribution is 0.138. The third kappa shape index (κ3) is 3.43. The van der Waals surface area contributed by atoms with E-state index in [9.17, 15) is 9.50 Å². The Morgan fingerprint density at radius 1 is 1.42 bits per heavy atom. The highest BCUT2D eigenvalue weighted by Gasteiger charge is 2.24. The maximum Gasteiger partial charge on any atom is 0.123 e. The number of halogens is 1. The third-order valence-electron chi connectivity index (χ3n) is 3.55. The van der Waals surface area contributed by atoms with E-state index in [1.165, 1.54) is 12.1 Å². The van der Waals surface area contributed by atoms with Gasteiger partial charge in [-0.3, -0.25) is 4.90 Å². The van der Waals surface area contributed by atoms with Gasteiger partial charge in [-0.25, -0.2) is 4.39 Å². The highest BCUT2D eigenvalue weighted by atomic mass is 19.1. The Labute approximate surface area is 113 Å². The first-order valence-corrected chi connectivity index (χ1v) is 6.65. The van der Waals surface area contributed by atoms with Crippen molar-refractivity contribution in [1.29, 1.82) is 0 Å². The molecule has 1 fully saturated rings. The number of rotatable bonds is 5. The fourth-order valence-electron chi connectivity index (χ4n) is 2.62. The van der Waals surface area contributed by atoms with E-state index in [4.69, 9.17) is 4.74 Å². The minimum atomic E-state index is -0.270. The van der Waals surface area contributed by atoms with E-state index in [1.807, 2.05) is 0 Å². The van der Waals surface area contributed by atoms with Crippen molar-refractivity contribution in [2.45, 2.75) is 12.5 Å². The van der Waals surface area contributed by atoms with Gasteiger partial charge in [0.15, 0.2) is 0 Å². The van der Waals surface area contributed by atoms with Gasteiger partial charge in [-0.05, 0) is 24.6 Å². The number of nitrogens with zero attached hydrogens (tertiary/aromatic N) is 1. The second-order valence-corrected chi connectivity index (χ2v) is 4.70. The summed E-state index contributed by atoms with van der Waals surface area (Å²) in [6.45, 7) is 3.70. The molecule has 0 radical (unpaired) electrons. The molecule has 1 heterocycles. The molecule has 19 heavy (non-hydrogen) atoms. The average Bonchev–Trinajstić information content (AvgIpc) is 2.45. The lowest BCUT2D eigenvalue weighted by Crippen LogP contribution is -2.45. The number of benzene rings is 1. The topological polar surface area (TPSA) is 44.7 Å². The summed E-state index contributed by atoms with van der Waals surface area (Å²) < 4.78 is 18.8. The Hall–Kier alpha value is -1.17. The van der Waals surface area contributed by atoms with Crippen LogP contribution in [0.3, 0.4) is 0 Å². The summed E-state index contributed by atoms with van der Waals surface area (Å²) in [5, 5.41) is 12.6. The fourth-order valence-corrected chi connectivity index (χ4v) is 2.62. The van der Waals surface area contributed by atoms with Crippen LogP contribution in [0.15, 0.2) is 18.2 Å². The summed E-state index contributed by atoms with van der Waals surface area (Å²) in [5.74, 6) is 0.409. The van der Waals surface area contributed by atoms with Crippen molar-refractivity contribution in [1.82, 2.24) is 10.2 Å². The monoisotopic (exact) mass is 268 g/mol. The number of ether oxygens (including phenoxy) is 1. The molecule has 1 atom stereocenters. The Bertz CT molecular complexity index is 408. The van der Waals surface area contributed by atoms with Gasteiger partial charge >= 0.3 is 0 Å². The van der Waals surface area contributed by atoms with Gasteiger partial charge in [0.2, 0.25) is 0 Å². The number of nitrogens with one attached hydrogen (secondary N) is 1. The molecule has 106 valence electrons. The van der Waals surface area contributed by atoms with Crippen LogP contribution in [-0.2, 0) is 0 Å². The first-order valence-electron chi connectivity index (χ1n) is 6.65. The van der Waals surface area contributed by atoms with E-state index in [2.05, 4.69) is 10.2 Å². The van der Waals surface area contributed by atoms with Crippen molar-refractivity contribution < 1.29 is 14.2 Å². The van der Waals surface area contributed by atoms with Crippen molar-refractivity contribution in [3.63, 3.8) is 0 Å². The molecule has 1 saturated heterocycles. The van der Waals surface area contributed by atoms with Gasteiger partial charge in [-0.2, -0.15) is 0 Å². The van der Waals surface area contributed by atoms with E-state index in [0.717, 1.165) is 31.7 Å². The predicted octanol–water partition coefficient (Wildman–Crippen LogP) is 1.16. The molecule has 0 aliphatic carbocycles. The number of hydrogen-bond acceptors (Lipinski definition) is 4. The molecular formula is C14H21FN2O2. The van der Waals surface area contributed by atoms with Crippen molar-refractivity contribution in [2.75, 3.05) is 39.9 Å². The van der Waals surface area contributed by atoms with Crippen LogP contribution in [0.5, 0.6) is 5.75 Å². The standard InChI is InChI=1S/C14H21FN2O2/c1-19-14-3-2-11(15)10-12(14)13(4-9-18)17-7-5-16-6-8-17/h2-3,10,13,16,18H,4-9H2,1H3/t13-/m1/s1. The van der Waals surface area contributed by atoms with Crippen molar-refractivity contribution in [3.8, 4) is 5.75 Å². The molecule has 0 bridgehead atoms. The molecule has 0 unspecified atom stereocenters. The van der Waals surface area contributed by atoms with Gasteiger partial charge in [0.05, 0.1) is 7.11 Å². The third-order valence-corrected chi connectivity index (χ3v) is 3.55. The van der Waals surface area contributed by atoms with Gasteiger partial charge < -0.3 is 15.2 Å². The number of hydrogen-bond donors (Lipinski definition) is 2. The molecule has 0 saturated carbocycles. The number of piperazine rings is 1. The van der Waals surface area contributed by atoms with Crippen LogP contribution in [0.4, 0.5) is 4.39 Å².